The third kappa shape index (κ3) is 4.38. The van der Waals surface area contributed by atoms with Crippen LogP contribution < -0.4 is 11.1 Å². The normalized spacial score (nSPS) is 26.6. The van der Waals surface area contributed by atoms with Crippen LogP contribution in [-0.4, -0.2) is 49.5 Å². The van der Waals surface area contributed by atoms with Crippen LogP contribution in [0.2, 0.25) is 0 Å². The minimum absolute atomic E-state index is 0.145. The van der Waals surface area contributed by atoms with Crippen LogP contribution in [0.4, 0.5) is 8.78 Å². The molecule has 1 saturated carbocycles. The van der Waals surface area contributed by atoms with Crippen molar-refractivity contribution in [3.63, 3.8) is 0 Å². The summed E-state index contributed by atoms with van der Waals surface area (Å²) in [4.78, 5) is 13.5. The Labute approximate surface area is 120 Å². The molecule has 118 valence electrons. The van der Waals surface area contributed by atoms with Crippen LogP contribution in [0.5, 0.6) is 0 Å². The van der Waals surface area contributed by atoms with E-state index < -0.39 is 12.0 Å². The molecule has 20 heavy (non-hydrogen) atoms. The van der Waals surface area contributed by atoms with Crippen molar-refractivity contribution >= 4 is 5.91 Å². The van der Waals surface area contributed by atoms with E-state index in [0.717, 1.165) is 38.6 Å². The van der Waals surface area contributed by atoms with Gasteiger partial charge in [0.15, 0.2) is 0 Å². The highest BCUT2D eigenvalue weighted by Gasteiger charge is 2.46. The molecular formula is C14H27F2N3O. The Balaban J connectivity index is 2.59. The van der Waals surface area contributed by atoms with E-state index in [1.807, 2.05) is 6.92 Å². The molecule has 4 nitrogen and oxygen atoms in total. The van der Waals surface area contributed by atoms with Gasteiger partial charge in [-0.1, -0.05) is 13.3 Å². The number of halogens is 2. The number of carbonyl (C=O) groups is 1. The van der Waals surface area contributed by atoms with Crippen molar-refractivity contribution in [2.75, 3.05) is 26.7 Å². The fourth-order valence-electron chi connectivity index (χ4n) is 3.16. The standard InChI is InChI=1S/C14H27F2N3O/c1-3-8-18-14(13(17)20)7-4-5-11(14)6-9-19(2)10-12(15)16/h11-12,18H,3-10H2,1-2H3,(H2,17,20). The first kappa shape index (κ1) is 17.3. The third-order valence-electron chi connectivity index (χ3n) is 4.26. The lowest BCUT2D eigenvalue weighted by atomic mass is 9.83. The van der Waals surface area contributed by atoms with Gasteiger partial charge in [-0.3, -0.25) is 4.79 Å². The lowest BCUT2D eigenvalue weighted by molar-refractivity contribution is -0.126. The van der Waals surface area contributed by atoms with Crippen molar-refractivity contribution in [3.05, 3.63) is 0 Å². The number of nitrogens with zero attached hydrogens (tertiary/aromatic N) is 1. The molecule has 0 aromatic rings. The lowest BCUT2D eigenvalue weighted by Gasteiger charge is -2.34. The summed E-state index contributed by atoms with van der Waals surface area (Å²) in [5, 5.41) is 3.32. The highest BCUT2D eigenvalue weighted by Crippen LogP contribution is 2.38. The Morgan fingerprint density at radius 1 is 1.55 bits per heavy atom. The van der Waals surface area contributed by atoms with E-state index in [-0.39, 0.29) is 18.4 Å². The van der Waals surface area contributed by atoms with Gasteiger partial charge in [0.1, 0.15) is 5.54 Å². The molecule has 0 spiro atoms. The van der Waals surface area contributed by atoms with E-state index in [4.69, 9.17) is 5.73 Å². The Bertz CT molecular complexity index is 315. The molecule has 0 radical (unpaired) electrons. The summed E-state index contributed by atoms with van der Waals surface area (Å²) in [5.41, 5.74) is 4.98. The number of rotatable bonds is 9. The van der Waals surface area contributed by atoms with E-state index in [0.29, 0.717) is 6.54 Å². The molecule has 1 aliphatic rings. The molecule has 6 heteroatoms. The fraction of sp³-hybridized carbons (Fsp3) is 0.929. The molecule has 1 amide bonds. The number of nitrogens with two attached hydrogens (primary N) is 1. The van der Waals surface area contributed by atoms with Gasteiger partial charge in [-0.2, -0.15) is 0 Å². The second-order valence-corrected chi connectivity index (χ2v) is 5.79. The fourth-order valence-corrected chi connectivity index (χ4v) is 3.16. The van der Waals surface area contributed by atoms with E-state index >= 15 is 0 Å². The minimum Gasteiger partial charge on any atom is -0.368 e. The van der Waals surface area contributed by atoms with Gasteiger partial charge in [-0.15, -0.1) is 0 Å². The number of amides is 1. The maximum atomic E-state index is 12.3. The molecular weight excluding hydrogens is 264 g/mol. The van der Waals surface area contributed by atoms with Crippen LogP contribution in [0.25, 0.3) is 0 Å². The Morgan fingerprint density at radius 2 is 2.25 bits per heavy atom. The van der Waals surface area contributed by atoms with Crippen molar-refractivity contribution < 1.29 is 13.6 Å². The molecule has 0 saturated heterocycles. The van der Waals surface area contributed by atoms with Crippen LogP contribution >= 0.6 is 0 Å². The quantitative estimate of drug-likeness (QED) is 0.678. The second-order valence-electron chi connectivity index (χ2n) is 5.79. The molecule has 0 aromatic carbocycles. The summed E-state index contributed by atoms with van der Waals surface area (Å²) >= 11 is 0. The highest BCUT2D eigenvalue weighted by atomic mass is 19.3. The maximum Gasteiger partial charge on any atom is 0.251 e. The molecule has 1 aliphatic carbocycles. The summed E-state index contributed by atoms with van der Waals surface area (Å²) in [7, 11) is 1.69. The lowest BCUT2D eigenvalue weighted by Crippen LogP contribution is -2.58. The van der Waals surface area contributed by atoms with Crippen LogP contribution in [0, 0.1) is 5.92 Å². The Hall–Kier alpha value is -0.750. The SMILES string of the molecule is CCCNC1(C(N)=O)CCCC1CCN(C)CC(F)F. The highest BCUT2D eigenvalue weighted by molar-refractivity contribution is 5.85. The van der Waals surface area contributed by atoms with Crippen molar-refractivity contribution in [1.82, 2.24) is 10.2 Å². The van der Waals surface area contributed by atoms with Gasteiger partial charge >= 0.3 is 0 Å². The largest absolute Gasteiger partial charge is 0.368 e. The summed E-state index contributed by atoms with van der Waals surface area (Å²) in [5.74, 6) is -0.156. The van der Waals surface area contributed by atoms with E-state index in [1.54, 1.807) is 11.9 Å². The summed E-state index contributed by atoms with van der Waals surface area (Å²) < 4.78 is 24.6. The van der Waals surface area contributed by atoms with Gasteiger partial charge in [0.2, 0.25) is 5.91 Å². The van der Waals surface area contributed by atoms with Crippen LogP contribution in [-0.2, 0) is 4.79 Å². The number of carbonyl (C=O) groups excluding carboxylic acids is 1. The zero-order valence-corrected chi connectivity index (χ0v) is 12.5. The topological polar surface area (TPSA) is 58.4 Å². The van der Waals surface area contributed by atoms with Crippen LogP contribution in [0.1, 0.15) is 39.0 Å². The van der Waals surface area contributed by atoms with Crippen molar-refractivity contribution in [2.24, 2.45) is 11.7 Å². The van der Waals surface area contributed by atoms with Crippen LogP contribution in [0.3, 0.4) is 0 Å². The van der Waals surface area contributed by atoms with Crippen LogP contribution in [0.15, 0.2) is 0 Å². The third-order valence-corrected chi connectivity index (χ3v) is 4.26. The summed E-state index contributed by atoms with van der Waals surface area (Å²) in [6.07, 6.45) is 2.00. The van der Waals surface area contributed by atoms with E-state index in [1.165, 1.54) is 0 Å². The minimum atomic E-state index is -2.32. The molecule has 0 aliphatic heterocycles. The summed E-state index contributed by atoms with van der Waals surface area (Å²) in [6, 6.07) is 0. The zero-order valence-electron chi connectivity index (χ0n) is 12.5. The average Bonchev–Trinajstić information content (AvgIpc) is 2.77. The van der Waals surface area contributed by atoms with Crippen molar-refractivity contribution in [1.29, 1.82) is 0 Å². The number of hydrogen-bond donors (Lipinski definition) is 2. The maximum absolute atomic E-state index is 12.3. The van der Waals surface area contributed by atoms with Gasteiger partial charge < -0.3 is 16.0 Å². The van der Waals surface area contributed by atoms with Crippen molar-refractivity contribution in [2.45, 2.75) is 51.0 Å². The van der Waals surface area contributed by atoms with Gasteiger partial charge in [-0.25, -0.2) is 8.78 Å². The molecule has 2 atom stereocenters. The van der Waals surface area contributed by atoms with E-state index in [2.05, 4.69) is 5.32 Å². The number of primary amides is 1. The predicted octanol–water partition coefficient (Wildman–Crippen LogP) is 1.60. The van der Waals surface area contributed by atoms with E-state index in [9.17, 15) is 13.6 Å². The summed E-state index contributed by atoms with van der Waals surface area (Å²) in [6.45, 7) is 3.14. The molecule has 0 bridgehead atoms. The molecule has 0 heterocycles. The number of nitrogens with one attached hydrogen (secondary N) is 1. The second kappa shape index (κ2) is 7.88. The predicted molar refractivity (Wildman–Crippen MR) is 75.7 cm³/mol. The molecule has 2 unspecified atom stereocenters. The molecule has 1 rings (SSSR count). The number of alkyl halides is 2. The molecule has 3 N–H and O–H groups in total. The smallest absolute Gasteiger partial charge is 0.251 e. The van der Waals surface area contributed by atoms with Gasteiger partial charge in [0.05, 0.1) is 6.54 Å². The first-order chi connectivity index (χ1) is 9.42. The first-order valence-corrected chi connectivity index (χ1v) is 7.44. The zero-order chi connectivity index (χ0) is 15.2. The number of hydrogen-bond acceptors (Lipinski definition) is 3. The van der Waals surface area contributed by atoms with Gasteiger partial charge in [0, 0.05) is 0 Å². The van der Waals surface area contributed by atoms with Gasteiger partial charge in [-0.05, 0) is 51.7 Å². The first-order valence-electron chi connectivity index (χ1n) is 7.44. The average molecular weight is 291 g/mol. The van der Waals surface area contributed by atoms with Crippen molar-refractivity contribution in [3.8, 4) is 0 Å². The molecule has 0 aromatic heterocycles. The monoisotopic (exact) mass is 291 g/mol. The molecule has 1 fully saturated rings. The Morgan fingerprint density at radius 3 is 2.80 bits per heavy atom. The van der Waals surface area contributed by atoms with Gasteiger partial charge in [0.25, 0.3) is 6.43 Å². The Kier molecular flexibility index (Phi) is 6.82.